The summed E-state index contributed by atoms with van der Waals surface area (Å²) < 4.78 is 0. The normalized spacial score (nSPS) is 15.0. The lowest BCUT2D eigenvalue weighted by atomic mass is 10.1. The number of rotatable bonds is 7. The van der Waals surface area contributed by atoms with Gasteiger partial charge in [0.2, 0.25) is 0 Å². The molecular formula is C18H25N3OS. The van der Waals surface area contributed by atoms with Crippen molar-refractivity contribution in [3.8, 4) is 0 Å². The van der Waals surface area contributed by atoms with Gasteiger partial charge in [-0.1, -0.05) is 12.8 Å². The highest BCUT2D eigenvalue weighted by molar-refractivity contribution is 7.11. The summed E-state index contributed by atoms with van der Waals surface area (Å²) in [6.45, 7) is 1.65. The molecule has 1 aliphatic rings. The Bertz CT molecular complexity index is 605. The molecule has 23 heavy (non-hydrogen) atoms. The van der Waals surface area contributed by atoms with Gasteiger partial charge in [0.25, 0.3) is 0 Å². The quantitative estimate of drug-likeness (QED) is 0.809. The van der Waals surface area contributed by atoms with Gasteiger partial charge in [0, 0.05) is 42.0 Å². The number of aromatic nitrogens is 1. The summed E-state index contributed by atoms with van der Waals surface area (Å²) in [4.78, 5) is 7.96. The third kappa shape index (κ3) is 4.24. The van der Waals surface area contributed by atoms with Gasteiger partial charge < -0.3 is 15.3 Å². The maximum absolute atomic E-state index is 8.98. The first kappa shape index (κ1) is 16.3. The van der Waals surface area contributed by atoms with Crippen LogP contribution in [0, 0.1) is 0 Å². The van der Waals surface area contributed by atoms with Gasteiger partial charge in [0.15, 0.2) is 0 Å². The minimum absolute atomic E-state index is 0.172. The monoisotopic (exact) mass is 331 g/mol. The van der Waals surface area contributed by atoms with Crippen LogP contribution in [0.3, 0.4) is 0 Å². The Labute approximate surface area is 142 Å². The Kier molecular flexibility index (Phi) is 5.51. The van der Waals surface area contributed by atoms with Crippen molar-refractivity contribution in [2.75, 3.05) is 30.4 Å². The molecule has 0 atom stereocenters. The van der Waals surface area contributed by atoms with Crippen LogP contribution >= 0.6 is 11.3 Å². The molecular weight excluding hydrogens is 306 g/mol. The molecule has 0 saturated heterocycles. The number of likely N-dealkylation sites (N-methyl/N-ethyl adjacent to an activating group) is 1. The molecule has 5 heteroatoms. The van der Waals surface area contributed by atoms with Crippen molar-refractivity contribution in [2.24, 2.45) is 0 Å². The molecule has 0 aliphatic heterocycles. The van der Waals surface area contributed by atoms with Crippen LogP contribution in [-0.4, -0.2) is 30.3 Å². The SMILES string of the molecule is CN(CCO)c1ccc(NCc2cnc(C3CCCC3)s2)cc1. The van der Waals surface area contributed by atoms with Crippen molar-refractivity contribution in [3.05, 3.63) is 40.3 Å². The van der Waals surface area contributed by atoms with E-state index >= 15 is 0 Å². The number of thiazole rings is 1. The van der Waals surface area contributed by atoms with E-state index in [1.54, 1.807) is 0 Å². The maximum Gasteiger partial charge on any atom is 0.0959 e. The van der Waals surface area contributed by atoms with E-state index < -0.39 is 0 Å². The molecule has 4 nitrogen and oxygen atoms in total. The molecule has 124 valence electrons. The van der Waals surface area contributed by atoms with Crippen molar-refractivity contribution in [1.29, 1.82) is 0 Å². The second-order valence-corrected chi connectivity index (χ2v) is 7.34. The third-order valence-corrected chi connectivity index (χ3v) is 5.65. The molecule has 1 aromatic carbocycles. The Morgan fingerprint density at radius 3 is 2.70 bits per heavy atom. The van der Waals surface area contributed by atoms with Crippen molar-refractivity contribution >= 4 is 22.7 Å². The lowest BCUT2D eigenvalue weighted by molar-refractivity contribution is 0.304. The van der Waals surface area contributed by atoms with E-state index in [9.17, 15) is 0 Å². The van der Waals surface area contributed by atoms with Gasteiger partial charge in [0.05, 0.1) is 18.2 Å². The van der Waals surface area contributed by atoms with Gasteiger partial charge in [-0.15, -0.1) is 11.3 Å². The van der Waals surface area contributed by atoms with E-state index in [1.165, 1.54) is 35.6 Å². The summed E-state index contributed by atoms with van der Waals surface area (Å²) in [5.41, 5.74) is 2.23. The van der Waals surface area contributed by atoms with Gasteiger partial charge in [-0.25, -0.2) is 4.98 Å². The fourth-order valence-electron chi connectivity index (χ4n) is 3.07. The predicted octanol–water partition coefficient (Wildman–Crippen LogP) is 3.84. The molecule has 3 rings (SSSR count). The molecule has 2 aromatic rings. The molecule has 2 N–H and O–H groups in total. The molecule has 0 amide bonds. The minimum Gasteiger partial charge on any atom is -0.395 e. The van der Waals surface area contributed by atoms with Crippen molar-refractivity contribution < 1.29 is 5.11 Å². The highest BCUT2D eigenvalue weighted by atomic mass is 32.1. The third-order valence-electron chi connectivity index (χ3n) is 4.49. The summed E-state index contributed by atoms with van der Waals surface area (Å²) in [5, 5.41) is 13.8. The van der Waals surface area contributed by atoms with Crippen LogP contribution < -0.4 is 10.2 Å². The predicted molar refractivity (Wildman–Crippen MR) is 97.4 cm³/mol. The van der Waals surface area contributed by atoms with Gasteiger partial charge in [-0.05, 0) is 37.1 Å². The van der Waals surface area contributed by atoms with Crippen LogP contribution in [0.2, 0.25) is 0 Å². The van der Waals surface area contributed by atoms with Gasteiger partial charge in [0.1, 0.15) is 0 Å². The van der Waals surface area contributed by atoms with Crippen LogP contribution in [0.15, 0.2) is 30.5 Å². The first-order valence-electron chi connectivity index (χ1n) is 8.37. The Hall–Kier alpha value is -1.59. The van der Waals surface area contributed by atoms with Crippen LogP contribution in [0.4, 0.5) is 11.4 Å². The fourth-order valence-corrected chi connectivity index (χ4v) is 4.09. The molecule has 1 saturated carbocycles. The summed E-state index contributed by atoms with van der Waals surface area (Å²) >= 11 is 1.85. The molecule has 1 fully saturated rings. The van der Waals surface area contributed by atoms with Crippen LogP contribution in [0.1, 0.15) is 41.5 Å². The average molecular weight is 331 g/mol. The van der Waals surface area contributed by atoms with Gasteiger partial charge in [-0.3, -0.25) is 0 Å². The fraction of sp³-hybridized carbons (Fsp3) is 0.500. The minimum atomic E-state index is 0.172. The second kappa shape index (κ2) is 7.79. The first-order chi connectivity index (χ1) is 11.3. The van der Waals surface area contributed by atoms with Gasteiger partial charge in [-0.2, -0.15) is 0 Å². The van der Waals surface area contributed by atoms with E-state index in [0.717, 1.165) is 17.9 Å². The second-order valence-electron chi connectivity index (χ2n) is 6.19. The number of hydrogen-bond acceptors (Lipinski definition) is 5. The number of anilines is 2. The Morgan fingerprint density at radius 2 is 2.00 bits per heavy atom. The Morgan fingerprint density at radius 1 is 1.26 bits per heavy atom. The number of benzene rings is 1. The molecule has 0 bridgehead atoms. The Balaban J connectivity index is 1.53. The summed E-state index contributed by atoms with van der Waals surface area (Å²) in [6.07, 6.45) is 7.35. The van der Waals surface area contributed by atoms with Crippen LogP contribution in [0.25, 0.3) is 0 Å². The summed E-state index contributed by atoms with van der Waals surface area (Å²) in [5.74, 6) is 0.704. The molecule has 1 aliphatic carbocycles. The smallest absolute Gasteiger partial charge is 0.0959 e. The number of hydrogen-bond donors (Lipinski definition) is 2. The lowest BCUT2D eigenvalue weighted by Gasteiger charge is -2.18. The van der Waals surface area contributed by atoms with Crippen LogP contribution in [0.5, 0.6) is 0 Å². The maximum atomic E-state index is 8.98. The van der Waals surface area contributed by atoms with Crippen molar-refractivity contribution in [3.63, 3.8) is 0 Å². The zero-order valence-corrected chi connectivity index (χ0v) is 14.5. The summed E-state index contributed by atoms with van der Waals surface area (Å²) in [7, 11) is 1.99. The lowest BCUT2D eigenvalue weighted by Crippen LogP contribution is -2.20. The molecule has 0 spiro atoms. The van der Waals surface area contributed by atoms with E-state index in [1.807, 2.05) is 29.5 Å². The molecule has 1 heterocycles. The molecule has 0 unspecified atom stereocenters. The van der Waals surface area contributed by atoms with E-state index in [4.69, 9.17) is 5.11 Å². The average Bonchev–Trinajstić information content (AvgIpc) is 3.25. The molecule has 1 aromatic heterocycles. The van der Waals surface area contributed by atoms with E-state index in [0.29, 0.717) is 12.5 Å². The number of aliphatic hydroxyl groups is 1. The zero-order valence-electron chi connectivity index (χ0n) is 13.7. The van der Waals surface area contributed by atoms with Gasteiger partial charge >= 0.3 is 0 Å². The standard InChI is InChI=1S/C18H25N3OS/c1-21(10-11-22)16-8-6-15(7-9-16)19-12-17-13-20-18(23-17)14-4-2-3-5-14/h6-9,13-14,19,22H,2-5,10-12H2,1H3. The van der Waals surface area contributed by atoms with Crippen LogP contribution in [-0.2, 0) is 6.54 Å². The number of aliphatic hydroxyl groups excluding tert-OH is 1. The topological polar surface area (TPSA) is 48.4 Å². The van der Waals surface area contributed by atoms with E-state index in [2.05, 4.69) is 34.6 Å². The largest absolute Gasteiger partial charge is 0.395 e. The highest BCUT2D eigenvalue weighted by Crippen LogP contribution is 2.36. The van der Waals surface area contributed by atoms with E-state index in [-0.39, 0.29) is 6.61 Å². The molecule has 0 radical (unpaired) electrons. The van der Waals surface area contributed by atoms with Crippen molar-refractivity contribution in [1.82, 2.24) is 4.98 Å². The zero-order chi connectivity index (χ0) is 16.1. The number of nitrogens with zero attached hydrogens (tertiary/aromatic N) is 2. The first-order valence-corrected chi connectivity index (χ1v) is 9.18. The summed E-state index contributed by atoms with van der Waals surface area (Å²) in [6, 6.07) is 8.33. The highest BCUT2D eigenvalue weighted by Gasteiger charge is 2.19. The van der Waals surface area contributed by atoms with Crippen molar-refractivity contribution in [2.45, 2.75) is 38.1 Å². The number of nitrogens with one attached hydrogen (secondary N) is 1.